The number of carbonyl (C=O) groups is 1. The summed E-state index contributed by atoms with van der Waals surface area (Å²) in [6, 6.07) is 23.7. The molecule has 0 atom stereocenters. The zero-order valence-electron chi connectivity index (χ0n) is 17.5. The lowest BCUT2D eigenvalue weighted by molar-refractivity contribution is -0.384. The minimum absolute atomic E-state index is 0.0348. The van der Waals surface area contributed by atoms with E-state index in [-0.39, 0.29) is 18.2 Å². The van der Waals surface area contributed by atoms with Crippen molar-refractivity contribution in [3.8, 4) is 5.75 Å². The van der Waals surface area contributed by atoms with Gasteiger partial charge in [0, 0.05) is 18.7 Å². The van der Waals surface area contributed by atoms with Crippen molar-refractivity contribution in [1.82, 2.24) is 4.90 Å². The average Bonchev–Trinajstić information content (AvgIpc) is 3.10. The molecule has 0 unspecified atom stereocenters. The molecule has 1 saturated heterocycles. The molecule has 1 aliphatic heterocycles. The molecule has 1 heterocycles. The van der Waals surface area contributed by atoms with Crippen LogP contribution in [-0.2, 0) is 17.8 Å². The Bertz CT molecular complexity index is 1210. The number of hydrogen-bond donors (Lipinski definition) is 0. The molecule has 4 rings (SSSR count). The fourth-order valence-corrected chi connectivity index (χ4v) is 4.63. The van der Waals surface area contributed by atoms with E-state index in [0.29, 0.717) is 27.1 Å². The van der Waals surface area contributed by atoms with Gasteiger partial charge in [-0.25, -0.2) is 0 Å². The van der Waals surface area contributed by atoms with Crippen molar-refractivity contribution < 1.29 is 14.5 Å². The summed E-state index contributed by atoms with van der Waals surface area (Å²) >= 11 is 6.73. The van der Waals surface area contributed by atoms with Gasteiger partial charge in [-0.3, -0.25) is 19.8 Å². The summed E-state index contributed by atoms with van der Waals surface area (Å²) in [5.74, 6) is 0.556. The minimum Gasteiger partial charge on any atom is -0.489 e. The van der Waals surface area contributed by atoms with Crippen molar-refractivity contribution in [2.45, 2.75) is 13.0 Å². The van der Waals surface area contributed by atoms with Crippen molar-refractivity contribution in [2.75, 3.05) is 6.54 Å². The number of nitro benzene ring substituents is 1. The van der Waals surface area contributed by atoms with Gasteiger partial charge in [-0.2, -0.15) is 0 Å². The Kier molecular flexibility index (Phi) is 7.16. The summed E-state index contributed by atoms with van der Waals surface area (Å²) in [7, 11) is 0. The highest BCUT2D eigenvalue weighted by atomic mass is 32.2. The van der Waals surface area contributed by atoms with Gasteiger partial charge in [-0.15, -0.1) is 0 Å². The molecule has 6 nitrogen and oxygen atoms in total. The zero-order valence-corrected chi connectivity index (χ0v) is 19.2. The van der Waals surface area contributed by atoms with Gasteiger partial charge in [0.1, 0.15) is 16.7 Å². The monoisotopic (exact) mass is 476 g/mol. The van der Waals surface area contributed by atoms with Gasteiger partial charge in [0.2, 0.25) is 0 Å². The predicted octanol–water partition coefficient (Wildman–Crippen LogP) is 5.62. The number of nitrogens with zero attached hydrogens (tertiary/aromatic N) is 2. The molecule has 166 valence electrons. The molecule has 1 amide bonds. The number of thiocarbonyl (C=S) groups is 1. The lowest BCUT2D eigenvalue weighted by Crippen LogP contribution is -2.30. The van der Waals surface area contributed by atoms with Crippen LogP contribution in [0.15, 0.2) is 83.8 Å². The van der Waals surface area contributed by atoms with Crippen LogP contribution in [0.3, 0.4) is 0 Å². The maximum atomic E-state index is 12.8. The zero-order chi connectivity index (χ0) is 23.2. The molecule has 0 spiro atoms. The summed E-state index contributed by atoms with van der Waals surface area (Å²) in [5.41, 5.74) is 2.78. The molecule has 0 bridgehead atoms. The molecule has 33 heavy (non-hydrogen) atoms. The maximum Gasteiger partial charge on any atom is 0.269 e. The molecule has 3 aromatic carbocycles. The molecule has 8 heteroatoms. The van der Waals surface area contributed by atoms with E-state index < -0.39 is 4.92 Å². The van der Waals surface area contributed by atoms with Crippen LogP contribution in [-0.4, -0.2) is 26.6 Å². The molecule has 0 aliphatic carbocycles. The maximum absolute atomic E-state index is 12.8. The Morgan fingerprint density at radius 2 is 1.73 bits per heavy atom. The first-order valence-electron chi connectivity index (χ1n) is 10.2. The first kappa shape index (κ1) is 22.7. The molecular formula is C25H20N2O4S2. The van der Waals surface area contributed by atoms with Gasteiger partial charge >= 0.3 is 0 Å². The SMILES string of the molecule is O=C1/C(=C/c2ccc(OCc3cccc([N+](=O)[O-])c3)cc2)SC(=S)N1CCc1ccccc1. The lowest BCUT2D eigenvalue weighted by atomic mass is 10.1. The second-order valence-corrected chi connectivity index (χ2v) is 9.03. The number of amides is 1. The third-order valence-corrected chi connectivity index (χ3v) is 6.42. The van der Waals surface area contributed by atoms with Gasteiger partial charge < -0.3 is 4.74 Å². The Hall–Kier alpha value is -3.49. The average molecular weight is 477 g/mol. The largest absolute Gasteiger partial charge is 0.489 e. The predicted molar refractivity (Wildman–Crippen MR) is 134 cm³/mol. The molecule has 0 aromatic heterocycles. The van der Waals surface area contributed by atoms with Crippen LogP contribution in [0.2, 0.25) is 0 Å². The van der Waals surface area contributed by atoms with Crippen molar-refractivity contribution >= 4 is 46.0 Å². The summed E-state index contributed by atoms with van der Waals surface area (Å²) < 4.78 is 6.31. The van der Waals surface area contributed by atoms with Gasteiger partial charge in [-0.05, 0) is 41.3 Å². The number of thioether (sulfide) groups is 1. The van der Waals surface area contributed by atoms with Gasteiger partial charge in [0.15, 0.2) is 0 Å². The van der Waals surface area contributed by atoms with Crippen molar-refractivity contribution in [2.24, 2.45) is 0 Å². The van der Waals surface area contributed by atoms with Crippen LogP contribution in [0.25, 0.3) is 6.08 Å². The van der Waals surface area contributed by atoms with Crippen molar-refractivity contribution in [3.63, 3.8) is 0 Å². The molecule has 0 saturated carbocycles. The topological polar surface area (TPSA) is 72.7 Å². The van der Waals surface area contributed by atoms with E-state index >= 15 is 0 Å². The molecule has 0 N–H and O–H groups in total. The van der Waals surface area contributed by atoms with Crippen LogP contribution in [0.5, 0.6) is 5.75 Å². The van der Waals surface area contributed by atoms with Crippen LogP contribution in [0.4, 0.5) is 5.69 Å². The Balaban J connectivity index is 1.36. The standard InChI is InChI=1S/C25H20N2O4S2/c28-24-23(33-25(32)26(24)14-13-18-5-2-1-3-6-18)16-19-9-11-22(12-10-19)31-17-20-7-4-8-21(15-20)27(29)30/h1-12,15-16H,13-14,17H2/b23-16-. The van der Waals surface area contributed by atoms with E-state index in [0.717, 1.165) is 17.5 Å². The Labute approximate surface area is 201 Å². The fraction of sp³-hybridized carbons (Fsp3) is 0.120. The van der Waals surface area contributed by atoms with E-state index in [9.17, 15) is 14.9 Å². The van der Waals surface area contributed by atoms with Crippen molar-refractivity contribution in [1.29, 1.82) is 0 Å². The highest BCUT2D eigenvalue weighted by Crippen LogP contribution is 2.33. The number of carbonyl (C=O) groups excluding carboxylic acids is 1. The van der Waals surface area contributed by atoms with Crippen LogP contribution in [0.1, 0.15) is 16.7 Å². The van der Waals surface area contributed by atoms with Crippen LogP contribution < -0.4 is 4.74 Å². The Morgan fingerprint density at radius 3 is 2.45 bits per heavy atom. The Morgan fingerprint density at radius 1 is 1.00 bits per heavy atom. The van der Waals surface area contributed by atoms with Crippen LogP contribution in [0, 0.1) is 10.1 Å². The van der Waals surface area contributed by atoms with Crippen molar-refractivity contribution in [3.05, 3.63) is 111 Å². The number of benzene rings is 3. The number of ether oxygens (including phenoxy) is 1. The van der Waals surface area contributed by atoms with E-state index in [2.05, 4.69) is 0 Å². The number of nitro groups is 1. The third-order valence-electron chi connectivity index (χ3n) is 5.05. The van der Waals surface area contributed by atoms with E-state index in [1.54, 1.807) is 29.2 Å². The van der Waals surface area contributed by atoms with Gasteiger partial charge in [0.05, 0.1) is 9.83 Å². The number of hydrogen-bond acceptors (Lipinski definition) is 6. The third kappa shape index (κ3) is 5.85. The number of rotatable bonds is 8. The smallest absolute Gasteiger partial charge is 0.269 e. The quantitative estimate of drug-likeness (QED) is 0.182. The highest BCUT2D eigenvalue weighted by molar-refractivity contribution is 8.26. The fourth-order valence-electron chi connectivity index (χ4n) is 3.32. The van der Waals surface area contributed by atoms with Crippen LogP contribution >= 0.6 is 24.0 Å². The molecule has 3 aromatic rings. The summed E-state index contributed by atoms with van der Waals surface area (Å²) in [6.07, 6.45) is 2.57. The molecule has 1 fully saturated rings. The van der Waals surface area contributed by atoms with Gasteiger partial charge in [-0.1, -0.05) is 78.6 Å². The highest BCUT2D eigenvalue weighted by Gasteiger charge is 2.31. The molecule has 0 radical (unpaired) electrons. The summed E-state index contributed by atoms with van der Waals surface area (Å²) in [4.78, 5) is 25.5. The second kappa shape index (κ2) is 10.4. The van der Waals surface area contributed by atoms with E-state index in [1.807, 2.05) is 48.5 Å². The first-order chi connectivity index (χ1) is 16.0. The lowest BCUT2D eigenvalue weighted by Gasteiger charge is -2.14. The van der Waals surface area contributed by atoms with Gasteiger partial charge in [0.25, 0.3) is 11.6 Å². The first-order valence-corrected chi connectivity index (χ1v) is 11.5. The molecular weight excluding hydrogens is 456 g/mol. The summed E-state index contributed by atoms with van der Waals surface area (Å²) in [6.45, 7) is 0.775. The summed E-state index contributed by atoms with van der Waals surface area (Å²) in [5, 5.41) is 10.9. The van der Waals surface area contributed by atoms with E-state index in [1.165, 1.54) is 23.9 Å². The molecule has 1 aliphatic rings. The minimum atomic E-state index is -0.428. The van der Waals surface area contributed by atoms with E-state index in [4.69, 9.17) is 17.0 Å². The number of non-ortho nitro benzene ring substituents is 1. The normalized spacial score (nSPS) is 14.7. The second-order valence-electron chi connectivity index (χ2n) is 7.35.